The van der Waals surface area contributed by atoms with E-state index in [1.165, 1.54) is 18.2 Å². The van der Waals surface area contributed by atoms with Crippen molar-refractivity contribution in [2.75, 3.05) is 4.72 Å². The summed E-state index contributed by atoms with van der Waals surface area (Å²) >= 11 is 5.93. The second kappa shape index (κ2) is 5.72. The first kappa shape index (κ1) is 15.3. The van der Waals surface area contributed by atoms with Crippen molar-refractivity contribution < 1.29 is 12.8 Å². The van der Waals surface area contributed by atoms with Crippen LogP contribution in [0.3, 0.4) is 0 Å². The van der Waals surface area contributed by atoms with Gasteiger partial charge in [-0.1, -0.05) is 23.7 Å². The molecule has 1 N–H and O–H groups in total. The van der Waals surface area contributed by atoms with Crippen molar-refractivity contribution in [2.45, 2.75) is 11.8 Å². The van der Waals surface area contributed by atoms with E-state index in [2.05, 4.69) is 4.72 Å². The van der Waals surface area contributed by atoms with Crippen LogP contribution in [-0.2, 0) is 10.0 Å². The van der Waals surface area contributed by atoms with Crippen LogP contribution in [0.4, 0.5) is 10.1 Å². The van der Waals surface area contributed by atoms with Crippen molar-refractivity contribution in [2.24, 2.45) is 0 Å². The largest absolute Gasteiger partial charge is 0.279 e. The number of anilines is 1. The zero-order chi connectivity index (χ0) is 15.6. The van der Waals surface area contributed by atoms with E-state index in [1.54, 1.807) is 25.1 Å². The topological polar surface area (TPSA) is 70.0 Å². The molecular weight excluding hydrogens is 315 g/mol. The second-order valence-electron chi connectivity index (χ2n) is 4.24. The number of benzene rings is 2. The van der Waals surface area contributed by atoms with Gasteiger partial charge in [0.25, 0.3) is 10.0 Å². The maximum Gasteiger partial charge on any atom is 0.263 e. The number of sulfonamides is 1. The Kier molecular flexibility index (Phi) is 4.16. The lowest BCUT2D eigenvalue weighted by Crippen LogP contribution is -2.15. The summed E-state index contributed by atoms with van der Waals surface area (Å²) in [6.45, 7) is 1.65. The Morgan fingerprint density at radius 1 is 1.24 bits per heavy atom. The number of hydrogen-bond acceptors (Lipinski definition) is 3. The molecule has 108 valence electrons. The fourth-order valence-corrected chi connectivity index (χ4v) is 3.22. The van der Waals surface area contributed by atoms with E-state index in [0.29, 0.717) is 10.6 Å². The highest BCUT2D eigenvalue weighted by Gasteiger charge is 2.22. The number of hydrogen-bond donors (Lipinski definition) is 1. The first-order chi connectivity index (χ1) is 9.86. The molecule has 0 unspecified atom stereocenters. The van der Waals surface area contributed by atoms with E-state index < -0.39 is 26.3 Å². The minimum absolute atomic E-state index is 0.274. The highest BCUT2D eigenvalue weighted by Crippen LogP contribution is 2.26. The third kappa shape index (κ3) is 2.99. The van der Waals surface area contributed by atoms with Gasteiger partial charge in [-0.2, -0.15) is 5.26 Å². The van der Waals surface area contributed by atoms with Crippen LogP contribution in [0.1, 0.15) is 11.1 Å². The SMILES string of the molecule is Cc1c(Cl)cccc1NS(=O)(=O)c1cccc(F)c1C#N. The molecule has 0 bridgehead atoms. The second-order valence-corrected chi connectivity index (χ2v) is 6.30. The monoisotopic (exact) mass is 324 g/mol. The average Bonchev–Trinajstić information content (AvgIpc) is 2.43. The maximum absolute atomic E-state index is 13.5. The molecule has 0 saturated heterocycles. The van der Waals surface area contributed by atoms with E-state index in [4.69, 9.17) is 16.9 Å². The van der Waals surface area contributed by atoms with Gasteiger partial charge in [0.2, 0.25) is 0 Å². The molecule has 0 aliphatic heterocycles. The lowest BCUT2D eigenvalue weighted by molar-refractivity contribution is 0.593. The van der Waals surface area contributed by atoms with Gasteiger partial charge in [0.15, 0.2) is 0 Å². The maximum atomic E-state index is 13.5. The standard InChI is InChI=1S/C14H10ClFN2O2S/c1-9-11(15)4-2-6-13(9)18-21(19,20)14-7-3-5-12(16)10(14)8-17/h2-7,18H,1H3. The molecule has 2 aromatic rings. The average molecular weight is 325 g/mol. The van der Waals surface area contributed by atoms with Crippen LogP contribution in [0.15, 0.2) is 41.3 Å². The molecule has 2 rings (SSSR count). The lowest BCUT2D eigenvalue weighted by atomic mass is 10.2. The Balaban J connectivity index is 2.52. The Hall–Kier alpha value is -2.10. The summed E-state index contributed by atoms with van der Waals surface area (Å²) in [7, 11) is -4.09. The highest BCUT2D eigenvalue weighted by molar-refractivity contribution is 7.92. The van der Waals surface area contributed by atoms with Gasteiger partial charge >= 0.3 is 0 Å². The van der Waals surface area contributed by atoms with Crippen LogP contribution in [0.5, 0.6) is 0 Å². The normalized spacial score (nSPS) is 11.0. The van der Waals surface area contributed by atoms with E-state index in [0.717, 1.165) is 6.07 Å². The number of rotatable bonds is 3. The van der Waals surface area contributed by atoms with Crippen molar-refractivity contribution >= 4 is 27.3 Å². The first-order valence-corrected chi connectivity index (χ1v) is 7.69. The van der Waals surface area contributed by atoms with Crippen molar-refractivity contribution in [3.05, 3.63) is 58.4 Å². The molecule has 2 aromatic carbocycles. The Bertz CT molecular complexity index is 845. The van der Waals surface area contributed by atoms with E-state index in [1.807, 2.05) is 0 Å². The van der Waals surface area contributed by atoms with Crippen LogP contribution in [0.2, 0.25) is 5.02 Å². The Morgan fingerprint density at radius 2 is 1.90 bits per heavy atom. The van der Waals surface area contributed by atoms with E-state index in [9.17, 15) is 12.8 Å². The lowest BCUT2D eigenvalue weighted by Gasteiger charge is -2.12. The summed E-state index contributed by atoms with van der Waals surface area (Å²) in [5, 5.41) is 9.32. The zero-order valence-corrected chi connectivity index (χ0v) is 12.5. The third-order valence-corrected chi connectivity index (χ3v) is 4.71. The van der Waals surface area contributed by atoms with Crippen LogP contribution in [0.25, 0.3) is 0 Å². The summed E-state index contributed by atoms with van der Waals surface area (Å²) < 4.78 is 40.5. The van der Waals surface area contributed by atoms with Crippen LogP contribution in [-0.4, -0.2) is 8.42 Å². The van der Waals surface area contributed by atoms with Gasteiger partial charge in [0.1, 0.15) is 22.3 Å². The minimum atomic E-state index is -4.09. The van der Waals surface area contributed by atoms with Crippen molar-refractivity contribution in [1.29, 1.82) is 5.26 Å². The molecule has 0 atom stereocenters. The molecule has 21 heavy (non-hydrogen) atoms. The molecule has 0 aliphatic rings. The van der Waals surface area contributed by atoms with E-state index >= 15 is 0 Å². The number of nitrogens with zero attached hydrogens (tertiary/aromatic N) is 1. The van der Waals surface area contributed by atoms with E-state index in [-0.39, 0.29) is 5.69 Å². The number of nitrogens with one attached hydrogen (secondary N) is 1. The quantitative estimate of drug-likeness (QED) is 0.940. The van der Waals surface area contributed by atoms with Gasteiger partial charge < -0.3 is 0 Å². The summed E-state index contributed by atoms with van der Waals surface area (Å²) in [4.78, 5) is -0.413. The molecule has 0 radical (unpaired) electrons. The number of halogens is 2. The first-order valence-electron chi connectivity index (χ1n) is 5.83. The van der Waals surface area contributed by atoms with Gasteiger partial charge in [-0.05, 0) is 36.8 Å². The Morgan fingerprint density at radius 3 is 2.57 bits per heavy atom. The zero-order valence-electron chi connectivity index (χ0n) is 10.9. The molecule has 0 spiro atoms. The summed E-state index contributed by atoms with van der Waals surface area (Å²) in [6, 6.07) is 9.74. The predicted molar refractivity (Wildman–Crippen MR) is 78.1 cm³/mol. The van der Waals surface area contributed by atoms with Gasteiger partial charge in [-0.15, -0.1) is 0 Å². The fourth-order valence-electron chi connectivity index (χ4n) is 1.75. The van der Waals surface area contributed by atoms with Gasteiger partial charge in [0.05, 0.1) is 5.69 Å². The predicted octanol–water partition coefficient (Wildman–Crippen LogP) is 3.46. The smallest absolute Gasteiger partial charge is 0.263 e. The highest BCUT2D eigenvalue weighted by atomic mass is 35.5. The summed E-state index contributed by atoms with van der Waals surface area (Å²) in [6.07, 6.45) is 0. The van der Waals surface area contributed by atoms with Crippen molar-refractivity contribution in [3.63, 3.8) is 0 Å². The molecule has 0 amide bonds. The molecule has 0 heterocycles. The minimum Gasteiger partial charge on any atom is -0.279 e. The number of nitriles is 1. The molecular formula is C14H10ClFN2O2S. The van der Waals surface area contributed by atoms with Crippen molar-refractivity contribution in [3.8, 4) is 6.07 Å². The molecule has 0 saturated carbocycles. The van der Waals surface area contributed by atoms with Gasteiger partial charge in [-0.25, -0.2) is 12.8 Å². The molecule has 0 aromatic heterocycles. The third-order valence-electron chi connectivity index (χ3n) is 2.89. The van der Waals surface area contributed by atoms with Crippen LogP contribution in [0, 0.1) is 24.1 Å². The van der Waals surface area contributed by atoms with Gasteiger partial charge in [-0.3, -0.25) is 4.72 Å². The summed E-state index contributed by atoms with van der Waals surface area (Å²) in [5.74, 6) is -0.886. The molecule has 4 nitrogen and oxygen atoms in total. The summed E-state index contributed by atoms with van der Waals surface area (Å²) in [5.41, 5.74) is 0.290. The van der Waals surface area contributed by atoms with Gasteiger partial charge in [0, 0.05) is 5.02 Å². The fraction of sp³-hybridized carbons (Fsp3) is 0.0714. The van der Waals surface area contributed by atoms with Crippen LogP contribution >= 0.6 is 11.6 Å². The Labute approximate surface area is 126 Å². The van der Waals surface area contributed by atoms with Crippen molar-refractivity contribution in [1.82, 2.24) is 0 Å². The molecule has 7 heteroatoms. The molecule has 0 fully saturated rings. The molecule has 0 aliphatic carbocycles. The van der Waals surface area contributed by atoms with Crippen LogP contribution < -0.4 is 4.72 Å².